The number of likely N-dealkylation sites (N-methyl/N-ethyl adjacent to an activating group) is 1. The molecule has 0 radical (unpaired) electrons. The van der Waals surface area contributed by atoms with Gasteiger partial charge in [0.15, 0.2) is 6.04 Å². The van der Waals surface area contributed by atoms with Gasteiger partial charge in [0.05, 0.1) is 20.1 Å². The fourth-order valence-electron chi connectivity index (χ4n) is 2.11. The maximum absolute atomic E-state index is 11.2. The van der Waals surface area contributed by atoms with Gasteiger partial charge in [0.1, 0.15) is 0 Å². The first-order valence-corrected chi connectivity index (χ1v) is 8.46. The first-order chi connectivity index (χ1) is 8.80. The second kappa shape index (κ2) is 7.96. The highest BCUT2D eigenvalue weighted by molar-refractivity contribution is 6.60. The van der Waals surface area contributed by atoms with Gasteiger partial charge in [-0.25, -0.2) is 4.79 Å². The summed E-state index contributed by atoms with van der Waals surface area (Å²) in [7, 11) is 4.19. The summed E-state index contributed by atoms with van der Waals surface area (Å²) in [4.78, 5) is 11.2. The van der Waals surface area contributed by atoms with Gasteiger partial charge in [-0.1, -0.05) is 0 Å². The minimum absolute atomic E-state index is 0.422. The second-order valence-corrected chi connectivity index (χ2v) is 8.02. The predicted molar refractivity (Wildman–Crippen MR) is 74.9 cm³/mol. The van der Waals surface area contributed by atoms with Crippen LogP contribution in [0, 0.1) is 0 Å². The Balaban J connectivity index is 4.55. The summed E-state index contributed by atoms with van der Waals surface area (Å²) in [6, 6.07) is 0.269. The molecular weight excluding hydrogens is 266 g/mol. The predicted octanol–water partition coefficient (Wildman–Crippen LogP) is 1.19. The van der Waals surface area contributed by atoms with Crippen molar-refractivity contribution < 1.29 is 27.7 Å². The van der Waals surface area contributed by atoms with Crippen molar-refractivity contribution in [2.45, 2.75) is 32.4 Å². The van der Waals surface area contributed by atoms with Crippen molar-refractivity contribution in [3.8, 4) is 0 Å². The normalized spacial score (nSPS) is 16.9. The van der Waals surface area contributed by atoms with Crippen molar-refractivity contribution in [1.29, 1.82) is 0 Å². The molecule has 0 heterocycles. The van der Waals surface area contributed by atoms with Crippen LogP contribution < -0.4 is 0 Å². The first kappa shape index (κ1) is 18.5. The summed E-state index contributed by atoms with van der Waals surface area (Å²) in [6.07, 6.45) is 0.809. The van der Waals surface area contributed by atoms with E-state index in [0.717, 1.165) is 19.5 Å². The molecule has 0 aliphatic rings. The fraction of sp³-hybridized carbons (Fsp3) is 0.917. The Morgan fingerprint density at radius 1 is 1.26 bits per heavy atom. The summed E-state index contributed by atoms with van der Waals surface area (Å²) in [5, 5.41) is 9.17. The van der Waals surface area contributed by atoms with Crippen LogP contribution in [0.1, 0.15) is 20.3 Å². The molecule has 0 spiro atoms. The molecule has 0 aliphatic heterocycles. The van der Waals surface area contributed by atoms with E-state index < -0.39 is 20.8 Å². The van der Waals surface area contributed by atoms with E-state index in [0.29, 0.717) is 10.5 Å². The molecule has 0 saturated heterocycles. The molecule has 0 fully saturated rings. The number of hydrogen-bond donors (Lipinski definition) is 1. The highest BCUT2D eigenvalue weighted by Crippen LogP contribution is 2.19. The van der Waals surface area contributed by atoms with Crippen LogP contribution in [0.4, 0.5) is 0 Å². The van der Waals surface area contributed by atoms with Crippen LogP contribution in [-0.4, -0.2) is 71.9 Å². The van der Waals surface area contributed by atoms with Crippen LogP contribution in [0.15, 0.2) is 0 Å². The number of nitrogens with zero attached hydrogens (tertiary/aromatic N) is 1. The molecule has 19 heavy (non-hydrogen) atoms. The van der Waals surface area contributed by atoms with Crippen molar-refractivity contribution in [2.75, 3.05) is 41.5 Å². The van der Waals surface area contributed by atoms with Gasteiger partial charge in [-0.2, -0.15) is 0 Å². The quantitative estimate of drug-likeness (QED) is 0.484. The smallest absolute Gasteiger partial charge is 0.477 e. The van der Waals surface area contributed by atoms with Crippen LogP contribution in [-0.2, 0) is 18.1 Å². The Kier molecular flexibility index (Phi) is 7.76. The van der Waals surface area contributed by atoms with E-state index >= 15 is 0 Å². The van der Waals surface area contributed by atoms with Gasteiger partial charge in [0.2, 0.25) is 0 Å². The van der Waals surface area contributed by atoms with E-state index in [4.69, 9.17) is 18.4 Å². The molecule has 2 unspecified atom stereocenters. The molecule has 0 saturated carbocycles. The lowest BCUT2D eigenvalue weighted by Crippen LogP contribution is -2.55. The zero-order chi connectivity index (χ0) is 15.1. The van der Waals surface area contributed by atoms with Gasteiger partial charge < -0.3 is 22.9 Å². The van der Waals surface area contributed by atoms with E-state index in [1.807, 2.05) is 14.0 Å². The van der Waals surface area contributed by atoms with E-state index in [2.05, 4.69) is 0 Å². The van der Waals surface area contributed by atoms with Crippen molar-refractivity contribution in [3.63, 3.8) is 0 Å². The van der Waals surface area contributed by atoms with Gasteiger partial charge in [-0.05, 0) is 13.8 Å². The molecule has 0 rings (SSSR count). The Morgan fingerprint density at radius 3 is 2.05 bits per heavy atom. The van der Waals surface area contributed by atoms with Crippen molar-refractivity contribution >= 4 is 14.8 Å². The van der Waals surface area contributed by atoms with Crippen LogP contribution in [0.3, 0.4) is 0 Å². The summed E-state index contributed by atoms with van der Waals surface area (Å²) in [5.41, 5.74) is 0. The molecule has 0 amide bonds. The summed E-state index contributed by atoms with van der Waals surface area (Å²) in [6.45, 7) is 5.29. The number of carboxylic acids is 1. The lowest BCUT2D eigenvalue weighted by Gasteiger charge is -2.37. The van der Waals surface area contributed by atoms with E-state index in [1.54, 1.807) is 28.3 Å². The SMILES string of the molecule is CC[N+](C)(CCC[Si](OC)(OC)OC)C(C)C(=O)O. The molecule has 114 valence electrons. The molecule has 0 aromatic carbocycles. The minimum Gasteiger partial charge on any atom is -0.477 e. The molecule has 6 nitrogen and oxygen atoms in total. The summed E-state index contributed by atoms with van der Waals surface area (Å²) in [5.74, 6) is -0.766. The zero-order valence-electron chi connectivity index (χ0n) is 12.9. The Hall–Kier alpha value is -0.473. The van der Waals surface area contributed by atoms with Gasteiger partial charge in [0, 0.05) is 33.8 Å². The minimum atomic E-state index is -2.55. The molecule has 0 aromatic heterocycles. The van der Waals surface area contributed by atoms with Crippen molar-refractivity contribution in [2.24, 2.45) is 0 Å². The third-order valence-electron chi connectivity index (χ3n) is 4.10. The Bertz CT molecular complexity index is 277. The lowest BCUT2D eigenvalue weighted by molar-refractivity contribution is -0.921. The molecule has 0 aliphatic carbocycles. The highest BCUT2D eigenvalue weighted by atomic mass is 28.4. The Morgan fingerprint density at radius 2 is 1.74 bits per heavy atom. The maximum atomic E-state index is 11.2. The molecule has 1 N–H and O–H groups in total. The first-order valence-electron chi connectivity index (χ1n) is 6.53. The lowest BCUT2D eigenvalue weighted by atomic mass is 10.2. The summed E-state index contributed by atoms with van der Waals surface area (Å²) >= 11 is 0. The molecule has 0 aromatic rings. The second-order valence-electron chi connectivity index (χ2n) is 4.93. The Labute approximate surface area is 117 Å². The topological polar surface area (TPSA) is 65.0 Å². The average Bonchev–Trinajstić information content (AvgIpc) is 2.43. The van der Waals surface area contributed by atoms with Crippen LogP contribution in [0.25, 0.3) is 0 Å². The van der Waals surface area contributed by atoms with E-state index in [1.165, 1.54) is 0 Å². The highest BCUT2D eigenvalue weighted by Gasteiger charge is 2.39. The van der Waals surface area contributed by atoms with Gasteiger partial charge in [-0.3, -0.25) is 0 Å². The average molecular weight is 294 g/mol. The molecule has 7 heteroatoms. The van der Waals surface area contributed by atoms with Gasteiger partial charge in [-0.15, -0.1) is 0 Å². The third-order valence-corrected chi connectivity index (χ3v) is 6.93. The van der Waals surface area contributed by atoms with Gasteiger partial charge in [0.25, 0.3) is 0 Å². The van der Waals surface area contributed by atoms with Gasteiger partial charge >= 0.3 is 14.8 Å². The standard InChI is InChI=1S/C12H27NO5Si/c1-7-13(3,11(2)12(14)15)9-8-10-19(16-4,17-5)18-6/h11H,7-10H2,1-6H3/p+1. The number of carbonyl (C=O) groups is 1. The largest absolute Gasteiger partial charge is 0.500 e. The van der Waals surface area contributed by atoms with Crippen molar-refractivity contribution in [3.05, 3.63) is 0 Å². The monoisotopic (exact) mass is 294 g/mol. The number of hydrogen-bond acceptors (Lipinski definition) is 4. The fourth-order valence-corrected chi connectivity index (χ4v) is 3.81. The molecular formula is C12H28NO5Si+. The summed E-state index contributed by atoms with van der Waals surface area (Å²) < 4.78 is 16.6. The number of aliphatic carboxylic acids is 1. The van der Waals surface area contributed by atoms with Crippen LogP contribution in [0.2, 0.25) is 6.04 Å². The maximum Gasteiger partial charge on any atom is 0.500 e. The van der Waals surface area contributed by atoms with Crippen LogP contribution >= 0.6 is 0 Å². The van der Waals surface area contributed by atoms with Crippen molar-refractivity contribution in [1.82, 2.24) is 0 Å². The third kappa shape index (κ3) is 4.85. The zero-order valence-corrected chi connectivity index (χ0v) is 13.9. The number of carboxylic acid groups (broad SMARTS) is 1. The molecule has 2 atom stereocenters. The molecule has 0 bridgehead atoms. The van der Waals surface area contributed by atoms with Crippen LogP contribution in [0.5, 0.6) is 0 Å². The van der Waals surface area contributed by atoms with E-state index in [9.17, 15) is 4.79 Å². The number of quaternary nitrogens is 1. The van der Waals surface area contributed by atoms with E-state index in [-0.39, 0.29) is 0 Å². The number of rotatable bonds is 10.